The first-order valence-electron chi connectivity index (χ1n) is 10.2. The summed E-state index contributed by atoms with van der Waals surface area (Å²) in [6, 6.07) is 13.3. The van der Waals surface area contributed by atoms with Crippen molar-refractivity contribution in [1.29, 1.82) is 0 Å². The molecule has 5 rings (SSSR count). The summed E-state index contributed by atoms with van der Waals surface area (Å²) in [6.07, 6.45) is 1.19. The molecule has 0 unspecified atom stereocenters. The lowest BCUT2D eigenvalue weighted by Crippen LogP contribution is -2.39. The van der Waals surface area contributed by atoms with Crippen LogP contribution < -0.4 is 16.6 Å². The Labute approximate surface area is 176 Å². The standard InChI is InChI=1S/C23H21FN4O3/c24-14-7-5-13(6-8-14)10-12-28-22(30)18(21(29)27-23(28)31)20-19-16(9-11-25-20)15-3-1-2-4-17(15)26-19/h1-8,20,25-26,30H,9-12H2,(H,27,29,31)/t20-/m1/s1. The first-order chi connectivity index (χ1) is 15.0. The van der Waals surface area contributed by atoms with E-state index in [9.17, 15) is 19.1 Å². The number of aromatic hydroxyl groups is 1. The molecule has 2 aromatic carbocycles. The highest BCUT2D eigenvalue weighted by Gasteiger charge is 2.30. The summed E-state index contributed by atoms with van der Waals surface area (Å²) in [4.78, 5) is 30.8. The molecule has 0 radical (unpaired) electrons. The second-order valence-electron chi connectivity index (χ2n) is 7.72. The molecule has 0 spiro atoms. The Bertz CT molecular complexity index is 1380. The maximum Gasteiger partial charge on any atom is 0.331 e. The minimum Gasteiger partial charge on any atom is -0.494 e. The van der Waals surface area contributed by atoms with Gasteiger partial charge >= 0.3 is 5.69 Å². The number of H-pyrrole nitrogens is 2. The first kappa shape index (κ1) is 19.3. The van der Waals surface area contributed by atoms with Gasteiger partial charge in [-0.1, -0.05) is 30.3 Å². The Morgan fingerprint density at radius 3 is 2.65 bits per heavy atom. The molecular weight excluding hydrogens is 399 g/mol. The van der Waals surface area contributed by atoms with Crippen LogP contribution in [0.1, 0.15) is 28.4 Å². The van der Waals surface area contributed by atoms with Crippen molar-refractivity contribution in [2.24, 2.45) is 0 Å². The van der Waals surface area contributed by atoms with E-state index in [4.69, 9.17) is 0 Å². The number of hydrogen-bond acceptors (Lipinski definition) is 4. The number of rotatable bonds is 4. The van der Waals surface area contributed by atoms with Gasteiger partial charge in [0.2, 0.25) is 5.88 Å². The molecule has 0 aliphatic carbocycles. The molecule has 0 amide bonds. The van der Waals surface area contributed by atoms with Gasteiger partial charge in [-0.15, -0.1) is 0 Å². The zero-order valence-corrected chi connectivity index (χ0v) is 16.6. The van der Waals surface area contributed by atoms with Gasteiger partial charge in [0, 0.05) is 29.7 Å². The van der Waals surface area contributed by atoms with E-state index in [1.807, 2.05) is 24.3 Å². The number of hydrogen-bond donors (Lipinski definition) is 4. The van der Waals surface area contributed by atoms with Crippen LogP contribution in [0.4, 0.5) is 4.39 Å². The largest absolute Gasteiger partial charge is 0.494 e. The van der Waals surface area contributed by atoms with Gasteiger partial charge < -0.3 is 15.4 Å². The molecule has 0 saturated heterocycles. The summed E-state index contributed by atoms with van der Waals surface area (Å²) >= 11 is 0. The van der Waals surface area contributed by atoms with E-state index < -0.39 is 17.3 Å². The summed E-state index contributed by atoms with van der Waals surface area (Å²) in [5, 5.41) is 15.3. The van der Waals surface area contributed by atoms with Crippen molar-refractivity contribution in [2.45, 2.75) is 25.4 Å². The highest BCUT2D eigenvalue weighted by atomic mass is 19.1. The molecule has 1 aliphatic rings. The quantitative estimate of drug-likeness (QED) is 0.407. The molecule has 1 aliphatic heterocycles. The van der Waals surface area contributed by atoms with Crippen LogP contribution in [0.5, 0.6) is 5.88 Å². The number of aromatic nitrogens is 3. The summed E-state index contributed by atoms with van der Waals surface area (Å²) in [6.45, 7) is 0.777. The molecule has 0 fully saturated rings. The third kappa shape index (κ3) is 3.34. The smallest absolute Gasteiger partial charge is 0.331 e. The molecule has 2 aromatic heterocycles. The maximum atomic E-state index is 13.1. The molecule has 4 N–H and O–H groups in total. The monoisotopic (exact) mass is 420 g/mol. The third-order valence-electron chi connectivity index (χ3n) is 5.89. The van der Waals surface area contributed by atoms with Gasteiger partial charge in [0.25, 0.3) is 5.56 Å². The van der Waals surface area contributed by atoms with E-state index in [-0.39, 0.29) is 23.8 Å². The van der Waals surface area contributed by atoms with Crippen molar-refractivity contribution < 1.29 is 9.50 Å². The Morgan fingerprint density at radius 1 is 1.06 bits per heavy atom. The summed E-state index contributed by atoms with van der Waals surface area (Å²) in [7, 11) is 0. The van der Waals surface area contributed by atoms with Crippen molar-refractivity contribution in [3.63, 3.8) is 0 Å². The molecule has 3 heterocycles. The van der Waals surface area contributed by atoms with E-state index in [0.717, 1.165) is 38.7 Å². The third-order valence-corrected chi connectivity index (χ3v) is 5.89. The number of aromatic amines is 2. The fourth-order valence-corrected chi connectivity index (χ4v) is 4.36. The topological polar surface area (TPSA) is 103 Å². The zero-order chi connectivity index (χ0) is 21.5. The number of nitrogens with zero attached hydrogens (tertiary/aromatic N) is 1. The number of benzene rings is 2. The predicted octanol–water partition coefficient (Wildman–Crippen LogP) is 2.34. The van der Waals surface area contributed by atoms with Crippen molar-refractivity contribution in [3.05, 3.63) is 97.6 Å². The number of fused-ring (bicyclic) bond motifs is 3. The Morgan fingerprint density at radius 2 is 1.84 bits per heavy atom. The number of halogens is 1. The van der Waals surface area contributed by atoms with Crippen LogP contribution >= 0.6 is 0 Å². The highest BCUT2D eigenvalue weighted by molar-refractivity contribution is 5.85. The fourth-order valence-electron chi connectivity index (χ4n) is 4.36. The predicted molar refractivity (Wildman–Crippen MR) is 115 cm³/mol. The number of nitrogens with one attached hydrogen (secondary N) is 3. The van der Waals surface area contributed by atoms with Crippen LogP contribution in [0.2, 0.25) is 0 Å². The SMILES string of the molecule is O=c1[nH]c(=O)n(CCc2ccc(F)cc2)c(O)c1[C@H]1NCCc2c1[nH]c1ccccc21. The van der Waals surface area contributed by atoms with Crippen molar-refractivity contribution in [2.75, 3.05) is 6.54 Å². The average Bonchev–Trinajstić information content (AvgIpc) is 3.14. The molecule has 8 heteroatoms. The molecule has 1 atom stereocenters. The molecule has 0 bridgehead atoms. The molecule has 31 heavy (non-hydrogen) atoms. The molecular formula is C23H21FN4O3. The van der Waals surface area contributed by atoms with Gasteiger partial charge in [-0.25, -0.2) is 9.18 Å². The minimum atomic E-state index is -0.680. The second-order valence-corrected chi connectivity index (χ2v) is 7.72. The van der Waals surface area contributed by atoms with E-state index in [1.54, 1.807) is 12.1 Å². The summed E-state index contributed by atoms with van der Waals surface area (Å²) in [5.74, 6) is -0.701. The maximum absolute atomic E-state index is 13.1. The lowest BCUT2D eigenvalue weighted by Gasteiger charge is -2.25. The molecule has 158 valence electrons. The van der Waals surface area contributed by atoms with Crippen LogP contribution in [0.15, 0.2) is 58.1 Å². The van der Waals surface area contributed by atoms with Crippen LogP contribution in [0, 0.1) is 5.82 Å². The van der Waals surface area contributed by atoms with Crippen LogP contribution in [0.3, 0.4) is 0 Å². The van der Waals surface area contributed by atoms with Gasteiger partial charge in [0.05, 0.1) is 6.04 Å². The average molecular weight is 420 g/mol. The van der Waals surface area contributed by atoms with Gasteiger partial charge in [0.15, 0.2) is 0 Å². The number of para-hydroxylation sites is 1. The lowest BCUT2D eigenvalue weighted by atomic mass is 9.95. The van der Waals surface area contributed by atoms with Gasteiger partial charge in [-0.3, -0.25) is 14.3 Å². The van der Waals surface area contributed by atoms with E-state index >= 15 is 0 Å². The van der Waals surface area contributed by atoms with E-state index in [1.165, 1.54) is 12.1 Å². The van der Waals surface area contributed by atoms with Crippen molar-refractivity contribution in [1.82, 2.24) is 19.9 Å². The molecule has 7 nitrogen and oxygen atoms in total. The minimum absolute atomic E-state index is 0.103. The van der Waals surface area contributed by atoms with Crippen molar-refractivity contribution >= 4 is 10.9 Å². The molecule has 0 saturated carbocycles. The number of aryl methyl sites for hydroxylation is 1. The Hall–Kier alpha value is -3.65. The van der Waals surface area contributed by atoms with Crippen molar-refractivity contribution in [3.8, 4) is 5.88 Å². The summed E-state index contributed by atoms with van der Waals surface area (Å²) in [5.41, 5.74) is 2.49. The lowest BCUT2D eigenvalue weighted by molar-refractivity contribution is 0.382. The fraction of sp³-hybridized carbons (Fsp3) is 0.217. The normalized spacial score (nSPS) is 15.8. The first-order valence-corrected chi connectivity index (χ1v) is 10.2. The zero-order valence-electron chi connectivity index (χ0n) is 16.6. The summed E-state index contributed by atoms with van der Waals surface area (Å²) < 4.78 is 14.3. The highest BCUT2D eigenvalue weighted by Crippen LogP contribution is 2.34. The van der Waals surface area contributed by atoms with Gasteiger partial charge in [-0.2, -0.15) is 0 Å². The van der Waals surface area contributed by atoms with E-state index in [2.05, 4.69) is 15.3 Å². The van der Waals surface area contributed by atoms with Crippen LogP contribution in [-0.4, -0.2) is 26.2 Å². The van der Waals surface area contributed by atoms with Crippen LogP contribution in [-0.2, 0) is 19.4 Å². The molecule has 4 aromatic rings. The van der Waals surface area contributed by atoms with E-state index in [0.29, 0.717) is 13.0 Å². The van der Waals surface area contributed by atoms with Gasteiger partial charge in [-0.05, 0) is 42.2 Å². The van der Waals surface area contributed by atoms with Gasteiger partial charge in [0.1, 0.15) is 11.4 Å². The Kier molecular flexibility index (Phi) is 4.71. The Balaban J connectivity index is 1.56. The second kappa shape index (κ2) is 7.55. The van der Waals surface area contributed by atoms with Crippen LogP contribution in [0.25, 0.3) is 10.9 Å².